The van der Waals surface area contributed by atoms with Crippen LogP contribution in [0.3, 0.4) is 0 Å². The van der Waals surface area contributed by atoms with Gasteiger partial charge in [-0.05, 0) is 18.6 Å². The van der Waals surface area contributed by atoms with Gasteiger partial charge in [0, 0.05) is 23.8 Å². The first kappa shape index (κ1) is 13.8. The van der Waals surface area contributed by atoms with Crippen LogP contribution in [0.2, 0.25) is 0 Å². The Kier molecular flexibility index (Phi) is 5.11. The topological polar surface area (TPSA) is 67.1 Å². The summed E-state index contributed by atoms with van der Waals surface area (Å²) < 4.78 is 3.94. The monoisotopic (exact) mass is 277 g/mol. The maximum absolute atomic E-state index is 5.47. The second-order valence-corrected chi connectivity index (χ2v) is 5.06. The molecule has 1 aromatic heterocycles. The van der Waals surface area contributed by atoms with Crippen molar-refractivity contribution in [2.24, 2.45) is 5.84 Å². The van der Waals surface area contributed by atoms with Crippen molar-refractivity contribution in [2.45, 2.75) is 26.3 Å². The Balaban J connectivity index is 2.14. The lowest BCUT2D eigenvalue weighted by Crippen LogP contribution is -2.24. The number of aromatic nitrogens is 2. The number of nitrogen functional groups attached to an aromatic ring is 1. The predicted molar refractivity (Wildman–Crippen MR) is 80.1 cm³/mol. The Morgan fingerprint density at radius 2 is 2.11 bits per heavy atom. The van der Waals surface area contributed by atoms with Crippen LogP contribution >= 0.6 is 11.5 Å². The number of hydrogen-bond acceptors (Lipinski definition) is 6. The molecule has 0 bridgehead atoms. The van der Waals surface area contributed by atoms with Gasteiger partial charge in [-0.15, -0.1) is 5.10 Å². The van der Waals surface area contributed by atoms with Crippen LogP contribution in [0.15, 0.2) is 30.3 Å². The van der Waals surface area contributed by atoms with Gasteiger partial charge in [0.2, 0.25) is 0 Å². The summed E-state index contributed by atoms with van der Waals surface area (Å²) in [4.78, 5) is 2.31. The predicted octanol–water partition coefficient (Wildman–Crippen LogP) is 2.63. The highest BCUT2D eigenvalue weighted by Crippen LogP contribution is 2.22. The van der Waals surface area contributed by atoms with Crippen LogP contribution in [-0.2, 0) is 6.54 Å². The number of anilines is 2. The minimum absolute atomic E-state index is 0.722. The average Bonchev–Trinajstić information content (AvgIpc) is 2.91. The van der Waals surface area contributed by atoms with Crippen LogP contribution in [0, 0.1) is 0 Å². The third kappa shape index (κ3) is 3.65. The molecule has 6 heteroatoms. The summed E-state index contributed by atoms with van der Waals surface area (Å²) in [6.45, 7) is 3.92. The van der Waals surface area contributed by atoms with Gasteiger partial charge in [-0.2, -0.15) is 0 Å². The van der Waals surface area contributed by atoms with Gasteiger partial charge in [0.1, 0.15) is 10.7 Å². The van der Waals surface area contributed by atoms with E-state index in [0.29, 0.717) is 0 Å². The molecule has 1 aromatic carbocycles. The normalized spacial score (nSPS) is 10.4. The zero-order valence-electron chi connectivity index (χ0n) is 11.0. The molecule has 0 saturated carbocycles. The van der Waals surface area contributed by atoms with Crippen molar-refractivity contribution in [2.75, 3.05) is 16.9 Å². The molecule has 0 aliphatic heterocycles. The molecule has 0 unspecified atom stereocenters. The van der Waals surface area contributed by atoms with Gasteiger partial charge in [0.15, 0.2) is 0 Å². The van der Waals surface area contributed by atoms with Gasteiger partial charge in [-0.25, -0.2) is 5.84 Å². The molecule has 0 radical (unpaired) electrons. The molecule has 0 spiro atoms. The Hall–Kier alpha value is -1.66. The second-order valence-electron chi connectivity index (χ2n) is 4.30. The molecule has 1 heterocycles. The van der Waals surface area contributed by atoms with Crippen LogP contribution in [0.4, 0.5) is 10.7 Å². The number of para-hydroxylation sites is 1. The summed E-state index contributed by atoms with van der Waals surface area (Å²) in [5.41, 5.74) is 4.75. The lowest BCUT2D eigenvalue weighted by atomic mass is 10.2. The summed E-state index contributed by atoms with van der Waals surface area (Å²) in [6, 6.07) is 10.4. The van der Waals surface area contributed by atoms with Crippen molar-refractivity contribution in [3.63, 3.8) is 0 Å². The number of unbranched alkanes of at least 4 members (excludes halogenated alkanes) is 1. The molecule has 102 valence electrons. The standard InChI is InChI=1S/C13H19N5S/c1-2-3-9-18(11-7-5-4-6-8-11)10-12-13(15-14)19-17-16-12/h4-8,15H,2-3,9-10,14H2,1H3. The lowest BCUT2D eigenvalue weighted by molar-refractivity contribution is 0.707. The first-order chi connectivity index (χ1) is 9.35. The maximum Gasteiger partial charge on any atom is 0.149 e. The number of hydrazine groups is 1. The quantitative estimate of drug-likeness (QED) is 0.601. The molecule has 3 N–H and O–H groups in total. The SMILES string of the molecule is CCCCN(Cc1nnsc1NN)c1ccccc1. The molecule has 0 aliphatic carbocycles. The molecular weight excluding hydrogens is 258 g/mol. The Morgan fingerprint density at radius 1 is 1.32 bits per heavy atom. The third-order valence-corrected chi connectivity index (χ3v) is 3.63. The first-order valence-corrected chi connectivity index (χ1v) is 7.20. The van der Waals surface area contributed by atoms with Crippen molar-refractivity contribution in [3.8, 4) is 0 Å². The summed E-state index contributed by atoms with van der Waals surface area (Å²) in [5, 5.41) is 4.98. The second kappa shape index (κ2) is 7.06. The van der Waals surface area contributed by atoms with Gasteiger partial charge < -0.3 is 10.3 Å². The average molecular weight is 277 g/mol. The zero-order chi connectivity index (χ0) is 13.5. The number of rotatable bonds is 7. The number of benzene rings is 1. The van der Waals surface area contributed by atoms with Crippen molar-refractivity contribution in [1.82, 2.24) is 9.59 Å². The van der Waals surface area contributed by atoms with E-state index in [1.165, 1.54) is 23.6 Å². The molecule has 0 aliphatic rings. The highest BCUT2D eigenvalue weighted by Gasteiger charge is 2.12. The summed E-state index contributed by atoms with van der Waals surface area (Å²) in [6.07, 6.45) is 2.32. The van der Waals surface area contributed by atoms with Crippen molar-refractivity contribution < 1.29 is 0 Å². The van der Waals surface area contributed by atoms with Crippen LogP contribution in [-0.4, -0.2) is 16.1 Å². The fourth-order valence-corrected chi connectivity index (χ4v) is 2.37. The van der Waals surface area contributed by atoms with Crippen molar-refractivity contribution >= 4 is 22.2 Å². The molecule has 0 fully saturated rings. The van der Waals surface area contributed by atoms with Crippen LogP contribution in [0.5, 0.6) is 0 Å². The highest BCUT2D eigenvalue weighted by molar-refractivity contribution is 7.10. The number of nitrogens with zero attached hydrogens (tertiary/aromatic N) is 3. The van der Waals surface area contributed by atoms with E-state index in [-0.39, 0.29) is 0 Å². The van der Waals surface area contributed by atoms with E-state index in [1.807, 2.05) is 6.07 Å². The van der Waals surface area contributed by atoms with E-state index in [9.17, 15) is 0 Å². The molecule has 2 aromatic rings. The van der Waals surface area contributed by atoms with Crippen molar-refractivity contribution in [1.29, 1.82) is 0 Å². The molecule has 19 heavy (non-hydrogen) atoms. The summed E-state index contributed by atoms with van der Waals surface area (Å²) >= 11 is 1.29. The van der Waals surface area contributed by atoms with E-state index in [4.69, 9.17) is 5.84 Å². The Morgan fingerprint density at radius 3 is 2.79 bits per heavy atom. The summed E-state index contributed by atoms with van der Waals surface area (Å²) in [7, 11) is 0. The Labute approximate surface area is 117 Å². The minimum Gasteiger partial charge on any atom is -0.365 e. The van der Waals surface area contributed by atoms with Gasteiger partial charge in [-0.1, -0.05) is 36.0 Å². The van der Waals surface area contributed by atoms with Crippen LogP contribution < -0.4 is 16.2 Å². The summed E-state index contributed by atoms with van der Waals surface area (Å²) in [5.74, 6) is 5.47. The largest absolute Gasteiger partial charge is 0.365 e. The van der Waals surface area contributed by atoms with Gasteiger partial charge >= 0.3 is 0 Å². The van der Waals surface area contributed by atoms with E-state index < -0.39 is 0 Å². The fraction of sp³-hybridized carbons (Fsp3) is 0.385. The number of nitrogens with one attached hydrogen (secondary N) is 1. The van der Waals surface area contributed by atoms with Crippen LogP contribution in [0.25, 0.3) is 0 Å². The molecule has 5 nitrogen and oxygen atoms in total. The maximum atomic E-state index is 5.47. The fourth-order valence-electron chi connectivity index (χ4n) is 1.89. The zero-order valence-corrected chi connectivity index (χ0v) is 11.9. The van der Waals surface area contributed by atoms with Crippen LogP contribution in [0.1, 0.15) is 25.5 Å². The van der Waals surface area contributed by atoms with Gasteiger partial charge in [0.25, 0.3) is 0 Å². The lowest BCUT2D eigenvalue weighted by Gasteiger charge is -2.24. The third-order valence-electron chi connectivity index (χ3n) is 2.93. The minimum atomic E-state index is 0.722. The van der Waals surface area contributed by atoms with E-state index >= 15 is 0 Å². The van der Waals surface area contributed by atoms with Crippen molar-refractivity contribution in [3.05, 3.63) is 36.0 Å². The molecular formula is C13H19N5S. The molecule has 0 saturated heterocycles. The molecule has 0 amide bonds. The van der Waals surface area contributed by atoms with E-state index in [0.717, 1.165) is 30.2 Å². The number of hydrogen-bond donors (Lipinski definition) is 2. The number of nitrogens with two attached hydrogens (primary N) is 1. The molecule has 2 rings (SSSR count). The van der Waals surface area contributed by atoms with E-state index in [1.54, 1.807) is 0 Å². The first-order valence-electron chi connectivity index (χ1n) is 6.43. The van der Waals surface area contributed by atoms with E-state index in [2.05, 4.69) is 51.1 Å². The molecule has 0 atom stereocenters. The van der Waals surface area contributed by atoms with Gasteiger partial charge in [0.05, 0.1) is 6.54 Å². The smallest absolute Gasteiger partial charge is 0.149 e. The Bertz CT molecular complexity index is 485. The van der Waals surface area contributed by atoms with Gasteiger partial charge in [-0.3, -0.25) is 0 Å². The highest BCUT2D eigenvalue weighted by atomic mass is 32.1.